The minimum atomic E-state index is -0.228. The van der Waals surface area contributed by atoms with E-state index in [2.05, 4.69) is 10.2 Å². The lowest BCUT2D eigenvalue weighted by molar-refractivity contribution is -0.130. The van der Waals surface area contributed by atoms with Crippen molar-refractivity contribution < 1.29 is 9.18 Å². The quantitative estimate of drug-likeness (QED) is 0.910. The summed E-state index contributed by atoms with van der Waals surface area (Å²) in [5.41, 5.74) is 1.02. The molecule has 1 amide bonds. The van der Waals surface area contributed by atoms with Crippen LogP contribution in [0.2, 0.25) is 0 Å². The van der Waals surface area contributed by atoms with E-state index in [1.165, 1.54) is 12.1 Å². The Morgan fingerprint density at radius 3 is 2.64 bits per heavy atom. The Hall–Kier alpha value is -1.46. The highest BCUT2D eigenvalue weighted by molar-refractivity contribution is 5.76. The zero-order valence-electron chi connectivity index (χ0n) is 12.9. The Kier molecular flexibility index (Phi) is 5.05. The molecule has 1 aromatic rings. The predicted octanol–water partition coefficient (Wildman–Crippen LogP) is 1.26. The van der Waals surface area contributed by atoms with Crippen molar-refractivity contribution in [2.75, 3.05) is 39.3 Å². The molecular weight excluding hydrogens is 281 g/mol. The van der Waals surface area contributed by atoms with Gasteiger partial charge in [0, 0.05) is 51.7 Å². The van der Waals surface area contributed by atoms with E-state index < -0.39 is 0 Å². The summed E-state index contributed by atoms with van der Waals surface area (Å²) in [7, 11) is 0. The van der Waals surface area contributed by atoms with Gasteiger partial charge in [0.1, 0.15) is 5.82 Å². The van der Waals surface area contributed by atoms with Crippen LogP contribution in [-0.4, -0.2) is 61.0 Å². The number of carbonyl (C=O) groups is 1. The Labute approximate surface area is 131 Å². The van der Waals surface area contributed by atoms with Crippen LogP contribution in [-0.2, 0) is 11.2 Å². The van der Waals surface area contributed by atoms with Crippen LogP contribution in [0, 0.1) is 5.82 Å². The summed E-state index contributed by atoms with van der Waals surface area (Å²) in [6.07, 6.45) is 2.29. The third kappa shape index (κ3) is 3.84. The number of rotatable bonds is 4. The Bertz CT molecular complexity index is 499. The van der Waals surface area contributed by atoms with Crippen LogP contribution >= 0.6 is 0 Å². The second-order valence-electron chi connectivity index (χ2n) is 6.19. The van der Waals surface area contributed by atoms with E-state index in [0.717, 1.165) is 51.3 Å². The van der Waals surface area contributed by atoms with E-state index in [9.17, 15) is 9.18 Å². The molecule has 0 radical (unpaired) electrons. The number of nitrogens with one attached hydrogen (secondary N) is 1. The molecule has 1 atom stereocenters. The number of aryl methyl sites for hydroxylation is 1. The van der Waals surface area contributed by atoms with Crippen molar-refractivity contribution in [3.8, 4) is 0 Å². The molecule has 2 aliphatic heterocycles. The van der Waals surface area contributed by atoms with Crippen molar-refractivity contribution in [1.82, 2.24) is 15.1 Å². The van der Waals surface area contributed by atoms with Gasteiger partial charge in [-0.3, -0.25) is 9.69 Å². The summed E-state index contributed by atoms with van der Waals surface area (Å²) < 4.78 is 12.9. The van der Waals surface area contributed by atoms with Gasteiger partial charge in [-0.25, -0.2) is 4.39 Å². The predicted molar refractivity (Wildman–Crippen MR) is 84.1 cm³/mol. The minimum absolute atomic E-state index is 0.224. The summed E-state index contributed by atoms with van der Waals surface area (Å²) in [6.45, 7) is 6.01. The molecule has 1 N–H and O–H groups in total. The molecule has 0 saturated carbocycles. The number of amides is 1. The fraction of sp³-hybridized carbons (Fsp3) is 0.588. The molecule has 4 nitrogen and oxygen atoms in total. The lowest BCUT2D eigenvalue weighted by atomic mass is 10.1. The van der Waals surface area contributed by atoms with Gasteiger partial charge in [0.25, 0.3) is 0 Å². The lowest BCUT2D eigenvalue weighted by Crippen LogP contribution is -2.49. The summed E-state index contributed by atoms with van der Waals surface area (Å²) in [5, 5.41) is 3.37. The fourth-order valence-electron chi connectivity index (χ4n) is 3.37. The van der Waals surface area contributed by atoms with Crippen molar-refractivity contribution in [1.29, 1.82) is 0 Å². The highest BCUT2D eigenvalue weighted by atomic mass is 19.1. The first-order valence-electron chi connectivity index (χ1n) is 8.19. The SMILES string of the molecule is O=C(CCc1ccc(F)cc1)N1CCC(N2CCNCC2)C1. The molecule has 3 rings (SSSR count). The highest BCUT2D eigenvalue weighted by Crippen LogP contribution is 2.17. The van der Waals surface area contributed by atoms with Crippen LogP contribution in [0.5, 0.6) is 0 Å². The largest absolute Gasteiger partial charge is 0.341 e. The molecule has 0 aliphatic carbocycles. The van der Waals surface area contributed by atoms with E-state index in [4.69, 9.17) is 0 Å². The maximum atomic E-state index is 12.9. The summed E-state index contributed by atoms with van der Waals surface area (Å²) in [5.74, 6) is -0.00422. The molecule has 22 heavy (non-hydrogen) atoms. The summed E-state index contributed by atoms with van der Waals surface area (Å²) >= 11 is 0. The third-order valence-corrected chi connectivity index (χ3v) is 4.72. The van der Waals surface area contributed by atoms with Crippen LogP contribution in [0.1, 0.15) is 18.4 Å². The number of hydrogen-bond donors (Lipinski definition) is 1. The first-order valence-corrected chi connectivity index (χ1v) is 8.19. The zero-order chi connectivity index (χ0) is 15.4. The average Bonchev–Trinajstić information content (AvgIpc) is 3.05. The Morgan fingerprint density at radius 1 is 1.18 bits per heavy atom. The van der Waals surface area contributed by atoms with Gasteiger partial charge in [-0.15, -0.1) is 0 Å². The topological polar surface area (TPSA) is 35.6 Å². The summed E-state index contributed by atoms with van der Waals surface area (Å²) in [4.78, 5) is 16.8. The van der Waals surface area contributed by atoms with Gasteiger partial charge in [-0.1, -0.05) is 12.1 Å². The first-order chi connectivity index (χ1) is 10.7. The number of hydrogen-bond acceptors (Lipinski definition) is 3. The van der Waals surface area contributed by atoms with Crippen molar-refractivity contribution in [3.05, 3.63) is 35.6 Å². The van der Waals surface area contributed by atoms with Crippen molar-refractivity contribution in [2.24, 2.45) is 0 Å². The first kappa shape index (κ1) is 15.4. The van der Waals surface area contributed by atoms with Crippen LogP contribution in [0.25, 0.3) is 0 Å². The van der Waals surface area contributed by atoms with E-state index in [0.29, 0.717) is 18.9 Å². The second-order valence-corrected chi connectivity index (χ2v) is 6.19. The maximum Gasteiger partial charge on any atom is 0.222 e. The van der Waals surface area contributed by atoms with E-state index in [1.807, 2.05) is 4.90 Å². The van der Waals surface area contributed by atoms with Gasteiger partial charge in [0.05, 0.1) is 0 Å². The summed E-state index contributed by atoms with van der Waals surface area (Å²) in [6, 6.07) is 6.95. The molecular formula is C17H24FN3O. The second kappa shape index (κ2) is 7.20. The van der Waals surface area contributed by atoms with Gasteiger partial charge in [0.2, 0.25) is 5.91 Å². The van der Waals surface area contributed by atoms with Crippen molar-refractivity contribution in [3.63, 3.8) is 0 Å². The fourth-order valence-corrected chi connectivity index (χ4v) is 3.37. The molecule has 1 unspecified atom stereocenters. The highest BCUT2D eigenvalue weighted by Gasteiger charge is 2.30. The molecule has 120 valence electrons. The average molecular weight is 305 g/mol. The van der Waals surface area contributed by atoms with Gasteiger partial charge >= 0.3 is 0 Å². The van der Waals surface area contributed by atoms with E-state index >= 15 is 0 Å². The molecule has 0 bridgehead atoms. The molecule has 5 heteroatoms. The molecule has 2 saturated heterocycles. The van der Waals surface area contributed by atoms with Gasteiger partial charge in [-0.05, 0) is 30.5 Å². The molecule has 0 aromatic heterocycles. The standard InChI is InChI=1S/C17H24FN3O/c18-15-4-1-14(2-5-15)3-6-17(22)21-10-7-16(13-21)20-11-8-19-9-12-20/h1-2,4-5,16,19H,3,6-13H2. The normalized spacial score (nSPS) is 23.0. The van der Waals surface area contributed by atoms with Crippen LogP contribution in [0.15, 0.2) is 24.3 Å². The van der Waals surface area contributed by atoms with Crippen LogP contribution in [0.4, 0.5) is 4.39 Å². The number of piperazine rings is 1. The van der Waals surface area contributed by atoms with Crippen LogP contribution in [0.3, 0.4) is 0 Å². The number of carbonyl (C=O) groups excluding carboxylic acids is 1. The van der Waals surface area contributed by atoms with Crippen molar-refractivity contribution in [2.45, 2.75) is 25.3 Å². The molecule has 0 spiro atoms. The monoisotopic (exact) mass is 305 g/mol. The van der Waals surface area contributed by atoms with Gasteiger partial charge in [0.15, 0.2) is 0 Å². The zero-order valence-corrected chi connectivity index (χ0v) is 12.9. The number of likely N-dealkylation sites (tertiary alicyclic amines) is 1. The van der Waals surface area contributed by atoms with E-state index in [-0.39, 0.29) is 11.7 Å². The minimum Gasteiger partial charge on any atom is -0.341 e. The van der Waals surface area contributed by atoms with Gasteiger partial charge in [-0.2, -0.15) is 0 Å². The van der Waals surface area contributed by atoms with Crippen molar-refractivity contribution >= 4 is 5.91 Å². The van der Waals surface area contributed by atoms with Gasteiger partial charge < -0.3 is 10.2 Å². The molecule has 1 aromatic carbocycles. The number of nitrogens with zero attached hydrogens (tertiary/aromatic N) is 2. The number of benzene rings is 1. The Morgan fingerprint density at radius 2 is 1.91 bits per heavy atom. The lowest BCUT2D eigenvalue weighted by Gasteiger charge is -2.32. The smallest absolute Gasteiger partial charge is 0.222 e. The Balaban J connectivity index is 1.45. The number of halogens is 1. The molecule has 2 heterocycles. The molecule has 2 fully saturated rings. The van der Waals surface area contributed by atoms with Crippen LogP contribution < -0.4 is 5.32 Å². The third-order valence-electron chi connectivity index (χ3n) is 4.72. The molecule has 2 aliphatic rings. The van der Waals surface area contributed by atoms with E-state index in [1.54, 1.807) is 12.1 Å². The maximum absolute atomic E-state index is 12.9.